The fourth-order valence-corrected chi connectivity index (χ4v) is 0.836. The Morgan fingerprint density at radius 1 is 1.15 bits per heavy atom. The molecule has 0 bridgehead atoms. The third-order valence-corrected chi connectivity index (χ3v) is 1.48. The molecular weight excluding hydrogens is 178 g/mol. The Hall–Kier alpha value is -2.02. The molecule has 0 heterocycles. The van der Waals surface area contributed by atoms with Gasteiger partial charge in [0.05, 0.1) is 9.85 Å². The van der Waals surface area contributed by atoms with Crippen molar-refractivity contribution in [3.63, 3.8) is 0 Å². The molecule has 0 aliphatic rings. The number of non-ortho nitro benzene ring substituents is 1. The van der Waals surface area contributed by atoms with Gasteiger partial charge >= 0.3 is 5.69 Å². The average Bonchev–Trinajstić information content (AvgIpc) is 2.04. The van der Waals surface area contributed by atoms with E-state index in [1.165, 1.54) is 12.1 Å². The van der Waals surface area contributed by atoms with E-state index < -0.39 is 9.85 Å². The Labute approximate surface area is 72.1 Å². The molecule has 0 aliphatic carbocycles. The zero-order chi connectivity index (χ0) is 10.0. The molecule has 0 spiro atoms. The van der Waals surface area contributed by atoms with Gasteiger partial charge in [-0.2, -0.15) is 0 Å². The minimum Gasteiger partial charge on any atom is -0.319 e. The maximum Gasteiger partial charge on any atom is 0.335 e. The van der Waals surface area contributed by atoms with Crippen LogP contribution in [-0.2, 0) is 0 Å². The Kier molecular flexibility index (Phi) is 2.20. The van der Waals surface area contributed by atoms with E-state index in [1.54, 1.807) is 0 Å². The zero-order valence-electron chi connectivity index (χ0n) is 6.47. The summed E-state index contributed by atoms with van der Waals surface area (Å²) in [5.74, 6) is 0. The molecule has 0 amide bonds. The summed E-state index contributed by atoms with van der Waals surface area (Å²) < 4.78 is 0. The molecule has 13 heavy (non-hydrogen) atoms. The predicted molar refractivity (Wildman–Crippen MR) is 42.3 cm³/mol. The highest BCUT2D eigenvalue weighted by Crippen LogP contribution is 2.24. The molecule has 7 nitrogen and oxygen atoms in total. The van der Waals surface area contributed by atoms with Crippen LogP contribution >= 0.6 is 0 Å². The molecule has 68 valence electrons. The molecule has 0 atom stereocenters. The quantitative estimate of drug-likeness (QED) is 0.528. The van der Waals surface area contributed by atoms with Crippen LogP contribution in [0.2, 0.25) is 0 Å². The van der Waals surface area contributed by atoms with Crippen LogP contribution in [0.25, 0.3) is 0 Å². The van der Waals surface area contributed by atoms with Crippen molar-refractivity contribution in [3.05, 3.63) is 38.4 Å². The highest BCUT2D eigenvalue weighted by molar-refractivity contribution is 5.56. The molecule has 0 unspecified atom stereocenters. The van der Waals surface area contributed by atoms with Gasteiger partial charge in [0.2, 0.25) is 5.69 Å². The molecular formula is C6H6N3O4+. The lowest BCUT2D eigenvalue weighted by Gasteiger charge is -1.93. The minimum absolute atomic E-state index is 0.163. The number of nitro groups is 2. The first kappa shape index (κ1) is 9.07. The summed E-state index contributed by atoms with van der Waals surface area (Å²) in [6, 6.07) is 3.31. The van der Waals surface area contributed by atoms with Gasteiger partial charge in [0, 0.05) is 12.1 Å². The van der Waals surface area contributed by atoms with Crippen LogP contribution in [0, 0.1) is 20.2 Å². The first-order chi connectivity index (χ1) is 6.02. The SMILES string of the molecule is [NH3+]c1ccc([N+](=O)[O-])cc1[N+](=O)[O-]. The summed E-state index contributed by atoms with van der Waals surface area (Å²) in [7, 11) is 0. The number of quaternary nitrogens is 1. The topological polar surface area (TPSA) is 114 Å². The van der Waals surface area contributed by atoms with Crippen molar-refractivity contribution in [1.29, 1.82) is 0 Å². The van der Waals surface area contributed by atoms with Gasteiger partial charge in [-0.1, -0.05) is 0 Å². The van der Waals surface area contributed by atoms with Crippen molar-refractivity contribution in [2.75, 3.05) is 0 Å². The van der Waals surface area contributed by atoms with E-state index in [2.05, 4.69) is 5.73 Å². The van der Waals surface area contributed by atoms with Crippen molar-refractivity contribution in [2.24, 2.45) is 0 Å². The van der Waals surface area contributed by atoms with E-state index in [1.807, 2.05) is 0 Å². The molecule has 7 heteroatoms. The standard InChI is InChI=1S/C6H5N3O4/c7-5-2-1-4(8(10)11)3-6(5)9(12)13/h1-3H,7H2/p+1. The zero-order valence-corrected chi connectivity index (χ0v) is 6.47. The maximum atomic E-state index is 10.3. The second-order valence-corrected chi connectivity index (χ2v) is 2.33. The molecule has 1 aromatic rings. The lowest BCUT2D eigenvalue weighted by atomic mass is 10.2. The molecule has 0 saturated carbocycles. The largest absolute Gasteiger partial charge is 0.335 e. The van der Waals surface area contributed by atoms with E-state index in [0.717, 1.165) is 6.07 Å². The van der Waals surface area contributed by atoms with E-state index in [4.69, 9.17) is 0 Å². The van der Waals surface area contributed by atoms with Crippen LogP contribution in [0.5, 0.6) is 0 Å². The third-order valence-electron chi connectivity index (χ3n) is 1.48. The van der Waals surface area contributed by atoms with Gasteiger partial charge < -0.3 is 5.73 Å². The number of nitrogens with zero attached hydrogens (tertiary/aromatic N) is 2. The summed E-state index contributed by atoms with van der Waals surface area (Å²) in [4.78, 5) is 19.2. The highest BCUT2D eigenvalue weighted by Gasteiger charge is 2.19. The van der Waals surface area contributed by atoms with Crippen LogP contribution in [0.15, 0.2) is 18.2 Å². The minimum atomic E-state index is -0.699. The number of nitro benzene ring substituents is 2. The first-order valence-electron chi connectivity index (χ1n) is 3.27. The average molecular weight is 184 g/mol. The molecule has 0 fully saturated rings. The van der Waals surface area contributed by atoms with Crippen molar-refractivity contribution in [1.82, 2.24) is 0 Å². The van der Waals surface area contributed by atoms with Crippen LogP contribution in [0.1, 0.15) is 0 Å². The van der Waals surface area contributed by atoms with Crippen molar-refractivity contribution < 1.29 is 15.6 Å². The Bertz CT molecular complexity index is 376. The maximum absolute atomic E-state index is 10.3. The number of benzene rings is 1. The second kappa shape index (κ2) is 3.15. The normalized spacial score (nSPS) is 9.62. The van der Waals surface area contributed by atoms with Crippen LogP contribution in [-0.4, -0.2) is 9.85 Å². The lowest BCUT2D eigenvalue weighted by molar-refractivity contribution is -0.401. The smallest absolute Gasteiger partial charge is 0.319 e. The lowest BCUT2D eigenvalue weighted by Crippen LogP contribution is -2.40. The predicted octanol–water partition coefficient (Wildman–Crippen LogP) is 0.376. The molecule has 0 aliphatic heterocycles. The van der Waals surface area contributed by atoms with Gasteiger partial charge in [0.1, 0.15) is 6.07 Å². The second-order valence-electron chi connectivity index (χ2n) is 2.33. The number of hydrogen-bond donors (Lipinski definition) is 1. The molecule has 0 aromatic heterocycles. The summed E-state index contributed by atoms with van der Waals surface area (Å²) >= 11 is 0. The van der Waals surface area contributed by atoms with E-state index in [0.29, 0.717) is 0 Å². The molecule has 0 saturated heterocycles. The highest BCUT2D eigenvalue weighted by atomic mass is 16.6. The van der Waals surface area contributed by atoms with E-state index >= 15 is 0 Å². The number of rotatable bonds is 2. The molecule has 1 aromatic carbocycles. The molecule has 1 rings (SSSR count). The monoisotopic (exact) mass is 184 g/mol. The van der Waals surface area contributed by atoms with E-state index in [-0.39, 0.29) is 17.1 Å². The Morgan fingerprint density at radius 2 is 1.77 bits per heavy atom. The summed E-state index contributed by atoms with van der Waals surface area (Å²) in [5, 5.41) is 20.6. The summed E-state index contributed by atoms with van der Waals surface area (Å²) in [6.45, 7) is 0. The fourth-order valence-electron chi connectivity index (χ4n) is 0.836. The van der Waals surface area contributed by atoms with Crippen LogP contribution in [0.3, 0.4) is 0 Å². The van der Waals surface area contributed by atoms with Crippen molar-refractivity contribution in [3.8, 4) is 0 Å². The van der Waals surface area contributed by atoms with Gasteiger partial charge in [-0.3, -0.25) is 20.2 Å². The van der Waals surface area contributed by atoms with Crippen LogP contribution in [0.4, 0.5) is 17.1 Å². The van der Waals surface area contributed by atoms with Crippen LogP contribution < -0.4 is 5.73 Å². The molecule has 3 N–H and O–H groups in total. The molecule has 0 radical (unpaired) electrons. The van der Waals surface area contributed by atoms with Gasteiger partial charge in [-0.15, -0.1) is 0 Å². The summed E-state index contributed by atoms with van der Waals surface area (Å²) in [5.41, 5.74) is 2.90. The van der Waals surface area contributed by atoms with Gasteiger partial charge in [0.15, 0.2) is 0 Å². The van der Waals surface area contributed by atoms with Gasteiger partial charge in [0.25, 0.3) is 5.69 Å². The van der Waals surface area contributed by atoms with Gasteiger partial charge in [-0.25, -0.2) is 0 Å². The number of hydrogen-bond acceptors (Lipinski definition) is 4. The van der Waals surface area contributed by atoms with Gasteiger partial charge in [-0.05, 0) is 0 Å². The van der Waals surface area contributed by atoms with Crippen molar-refractivity contribution in [2.45, 2.75) is 0 Å². The van der Waals surface area contributed by atoms with E-state index in [9.17, 15) is 20.2 Å². The summed E-state index contributed by atoms with van der Waals surface area (Å²) in [6.07, 6.45) is 0. The first-order valence-corrected chi connectivity index (χ1v) is 3.27. The third kappa shape index (κ3) is 1.76. The Morgan fingerprint density at radius 3 is 2.23 bits per heavy atom. The Balaban J connectivity index is 3.27. The fraction of sp³-hybridized carbons (Fsp3) is 0. The van der Waals surface area contributed by atoms with Crippen molar-refractivity contribution >= 4 is 17.1 Å².